The van der Waals surface area contributed by atoms with E-state index in [1.807, 2.05) is 13.8 Å². The summed E-state index contributed by atoms with van der Waals surface area (Å²) in [5.41, 5.74) is 0.802. The van der Waals surface area contributed by atoms with Crippen LogP contribution in [0, 0.1) is 13.8 Å². The average molecular weight is 212 g/mol. The van der Waals surface area contributed by atoms with E-state index in [2.05, 4.69) is 4.98 Å². The Balaban J connectivity index is 2.79. The molecular formula is C10H16N2O3. The molecule has 5 heteroatoms. The van der Waals surface area contributed by atoms with Crippen LogP contribution in [0.2, 0.25) is 0 Å². The van der Waals surface area contributed by atoms with Crippen LogP contribution in [0.15, 0.2) is 4.42 Å². The SMILES string of the molecule is Cc1nc(C(C)N(C)CC(=O)O)c(C)o1. The van der Waals surface area contributed by atoms with Crippen LogP contribution in [0.3, 0.4) is 0 Å². The monoisotopic (exact) mass is 212 g/mol. The lowest BCUT2D eigenvalue weighted by Crippen LogP contribution is -2.29. The Morgan fingerprint density at radius 3 is 2.60 bits per heavy atom. The first-order chi connectivity index (χ1) is 6.91. The van der Waals surface area contributed by atoms with Crippen molar-refractivity contribution in [1.82, 2.24) is 9.88 Å². The zero-order valence-corrected chi connectivity index (χ0v) is 9.44. The molecule has 5 nitrogen and oxygen atoms in total. The molecule has 0 bridgehead atoms. The van der Waals surface area contributed by atoms with Gasteiger partial charge in [0.05, 0.1) is 18.3 Å². The quantitative estimate of drug-likeness (QED) is 0.816. The topological polar surface area (TPSA) is 66.6 Å². The van der Waals surface area contributed by atoms with Gasteiger partial charge < -0.3 is 9.52 Å². The smallest absolute Gasteiger partial charge is 0.317 e. The van der Waals surface area contributed by atoms with E-state index in [0.29, 0.717) is 5.89 Å². The summed E-state index contributed by atoms with van der Waals surface area (Å²) in [5, 5.41) is 8.67. The van der Waals surface area contributed by atoms with E-state index in [1.54, 1.807) is 18.9 Å². The predicted molar refractivity (Wildman–Crippen MR) is 54.7 cm³/mol. The van der Waals surface area contributed by atoms with Crippen molar-refractivity contribution in [3.63, 3.8) is 0 Å². The summed E-state index contributed by atoms with van der Waals surface area (Å²) in [4.78, 5) is 16.5. The maximum absolute atomic E-state index is 10.6. The largest absolute Gasteiger partial charge is 0.480 e. The van der Waals surface area contributed by atoms with Gasteiger partial charge in [-0.2, -0.15) is 0 Å². The molecule has 0 fully saturated rings. The lowest BCUT2D eigenvalue weighted by atomic mass is 10.2. The number of aromatic nitrogens is 1. The number of hydrogen-bond donors (Lipinski definition) is 1. The van der Waals surface area contributed by atoms with Crippen molar-refractivity contribution >= 4 is 5.97 Å². The number of hydrogen-bond acceptors (Lipinski definition) is 4. The van der Waals surface area contributed by atoms with Crippen LogP contribution in [0.5, 0.6) is 0 Å². The highest BCUT2D eigenvalue weighted by Crippen LogP contribution is 2.21. The molecule has 1 heterocycles. The zero-order valence-electron chi connectivity index (χ0n) is 9.44. The van der Waals surface area contributed by atoms with Crippen molar-refractivity contribution < 1.29 is 14.3 Å². The number of nitrogens with zero attached hydrogens (tertiary/aromatic N) is 2. The maximum atomic E-state index is 10.6. The van der Waals surface area contributed by atoms with Crippen molar-refractivity contribution in [2.24, 2.45) is 0 Å². The summed E-state index contributed by atoms with van der Waals surface area (Å²) in [5.74, 6) is 0.512. The Bertz CT molecular complexity index is 360. The zero-order chi connectivity index (χ0) is 11.6. The number of likely N-dealkylation sites (N-methyl/N-ethyl adjacent to an activating group) is 1. The van der Waals surface area contributed by atoms with Crippen LogP contribution in [-0.4, -0.2) is 34.6 Å². The fraction of sp³-hybridized carbons (Fsp3) is 0.600. The highest BCUT2D eigenvalue weighted by molar-refractivity contribution is 5.69. The van der Waals surface area contributed by atoms with Gasteiger partial charge in [0, 0.05) is 6.92 Å². The Labute approximate surface area is 88.7 Å². The number of carbonyl (C=O) groups is 1. The van der Waals surface area contributed by atoms with E-state index in [9.17, 15) is 4.79 Å². The molecule has 84 valence electrons. The normalized spacial score (nSPS) is 13.1. The third kappa shape index (κ3) is 2.79. The van der Waals surface area contributed by atoms with E-state index in [-0.39, 0.29) is 12.6 Å². The van der Waals surface area contributed by atoms with Crippen LogP contribution < -0.4 is 0 Å². The lowest BCUT2D eigenvalue weighted by Gasteiger charge is -2.21. The Morgan fingerprint density at radius 1 is 1.60 bits per heavy atom. The highest BCUT2D eigenvalue weighted by atomic mass is 16.4. The van der Waals surface area contributed by atoms with Crippen LogP contribution in [-0.2, 0) is 4.79 Å². The second-order valence-electron chi connectivity index (χ2n) is 3.66. The first kappa shape index (κ1) is 11.7. The van der Waals surface area contributed by atoms with E-state index in [4.69, 9.17) is 9.52 Å². The Kier molecular flexibility index (Phi) is 3.47. The van der Waals surface area contributed by atoms with Crippen molar-refractivity contribution in [2.45, 2.75) is 26.8 Å². The molecule has 0 saturated heterocycles. The minimum Gasteiger partial charge on any atom is -0.480 e. The molecule has 15 heavy (non-hydrogen) atoms. The second kappa shape index (κ2) is 4.44. The molecule has 0 radical (unpaired) electrons. The molecule has 1 aromatic heterocycles. The van der Waals surface area contributed by atoms with Crippen LogP contribution in [0.1, 0.15) is 30.3 Å². The molecule has 1 N–H and O–H groups in total. The maximum Gasteiger partial charge on any atom is 0.317 e. The molecule has 0 saturated carbocycles. The number of aliphatic carboxylic acids is 1. The first-order valence-corrected chi connectivity index (χ1v) is 4.77. The number of carboxylic acid groups (broad SMARTS) is 1. The average Bonchev–Trinajstić information content (AvgIpc) is 2.42. The van der Waals surface area contributed by atoms with Crippen LogP contribution in [0.25, 0.3) is 0 Å². The van der Waals surface area contributed by atoms with Gasteiger partial charge in [0.25, 0.3) is 0 Å². The van der Waals surface area contributed by atoms with Gasteiger partial charge in [-0.1, -0.05) is 0 Å². The molecule has 0 spiro atoms. The lowest BCUT2D eigenvalue weighted by molar-refractivity contribution is -0.138. The Morgan fingerprint density at radius 2 is 2.20 bits per heavy atom. The van der Waals surface area contributed by atoms with E-state index in [1.165, 1.54) is 0 Å². The molecule has 0 aliphatic rings. The van der Waals surface area contributed by atoms with Crippen molar-refractivity contribution in [3.05, 3.63) is 17.3 Å². The van der Waals surface area contributed by atoms with Gasteiger partial charge in [-0.05, 0) is 20.9 Å². The van der Waals surface area contributed by atoms with Gasteiger partial charge in [-0.15, -0.1) is 0 Å². The summed E-state index contributed by atoms with van der Waals surface area (Å²) < 4.78 is 5.31. The summed E-state index contributed by atoms with van der Waals surface area (Å²) >= 11 is 0. The van der Waals surface area contributed by atoms with Gasteiger partial charge in [-0.3, -0.25) is 9.69 Å². The van der Waals surface area contributed by atoms with Crippen molar-refractivity contribution in [1.29, 1.82) is 0 Å². The summed E-state index contributed by atoms with van der Waals surface area (Å²) in [6, 6.07) is -0.0569. The molecule has 0 aliphatic heterocycles. The fourth-order valence-corrected chi connectivity index (χ4v) is 1.49. The molecule has 0 amide bonds. The number of rotatable bonds is 4. The second-order valence-corrected chi connectivity index (χ2v) is 3.66. The molecule has 1 atom stereocenters. The van der Waals surface area contributed by atoms with Gasteiger partial charge in [0.1, 0.15) is 5.76 Å². The fourth-order valence-electron chi connectivity index (χ4n) is 1.49. The van der Waals surface area contributed by atoms with E-state index < -0.39 is 5.97 Å². The number of aryl methyl sites for hydroxylation is 2. The summed E-state index contributed by atoms with van der Waals surface area (Å²) in [7, 11) is 1.75. The predicted octanol–water partition coefficient (Wildman–Crippen LogP) is 1.37. The van der Waals surface area contributed by atoms with Gasteiger partial charge >= 0.3 is 5.97 Å². The third-order valence-electron chi connectivity index (χ3n) is 2.38. The summed E-state index contributed by atoms with van der Waals surface area (Å²) in [6.07, 6.45) is 0. The van der Waals surface area contributed by atoms with E-state index >= 15 is 0 Å². The van der Waals surface area contributed by atoms with Crippen molar-refractivity contribution in [2.75, 3.05) is 13.6 Å². The molecule has 1 rings (SSSR count). The van der Waals surface area contributed by atoms with E-state index in [0.717, 1.165) is 11.5 Å². The minimum absolute atomic E-state index is 0.00743. The molecule has 1 aromatic rings. The molecular weight excluding hydrogens is 196 g/mol. The highest BCUT2D eigenvalue weighted by Gasteiger charge is 2.19. The molecule has 0 aliphatic carbocycles. The third-order valence-corrected chi connectivity index (χ3v) is 2.38. The first-order valence-electron chi connectivity index (χ1n) is 4.77. The minimum atomic E-state index is -0.845. The van der Waals surface area contributed by atoms with Gasteiger partial charge in [-0.25, -0.2) is 4.98 Å². The standard InChI is InChI=1S/C10H16N2O3/c1-6(12(4)5-9(13)14)10-7(2)15-8(3)11-10/h6H,5H2,1-4H3,(H,13,14). The number of carboxylic acids is 1. The van der Waals surface area contributed by atoms with Crippen molar-refractivity contribution in [3.8, 4) is 0 Å². The van der Waals surface area contributed by atoms with Gasteiger partial charge in [0.2, 0.25) is 0 Å². The number of oxazole rings is 1. The Hall–Kier alpha value is -1.36. The molecule has 1 unspecified atom stereocenters. The van der Waals surface area contributed by atoms with Crippen LogP contribution in [0.4, 0.5) is 0 Å². The van der Waals surface area contributed by atoms with Gasteiger partial charge in [0.15, 0.2) is 5.89 Å². The summed E-state index contributed by atoms with van der Waals surface area (Å²) in [6.45, 7) is 5.51. The molecule has 0 aromatic carbocycles. The van der Waals surface area contributed by atoms with Crippen LogP contribution >= 0.6 is 0 Å².